The number of anilines is 1. The normalized spacial score (nSPS) is 21.1. The molecule has 2 aliphatic rings. The van der Waals surface area contributed by atoms with Crippen molar-refractivity contribution < 1.29 is 19.4 Å². The first-order chi connectivity index (χ1) is 20.1. The van der Waals surface area contributed by atoms with Gasteiger partial charge in [-0.2, -0.15) is 0 Å². The fourth-order valence-corrected chi connectivity index (χ4v) is 5.78. The Labute approximate surface area is 243 Å². The van der Waals surface area contributed by atoms with Crippen molar-refractivity contribution in [1.29, 1.82) is 0 Å². The van der Waals surface area contributed by atoms with E-state index >= 15 is 0 Å². The third-order valence-electron chi connectivity index (χ3n) is 7.99. The molecule has 41 heavy (non-hydrogen) atoms. The molecular formula is C34H41N3O4. The molecule has 5 rings (SSSR count). The van der Waals surface area contributed by atoms with Crippen LogP contribution in [0.4, 0.5) is 10.5 Å². The summed E-state index contributed by atoms with van der Waals surface area (Å²) in [4.78, 5) is 14.9. The molecule has 1 aliphatic heterocycles. The van der Waals surface area contributed by atoms with Gasteiger partial charge < -0.3 is 25.2 Å². The monoisotopic (exact) mass is 555 g/mol. The van der Waals surface area contributed by atoms with Gasteiger partial charge >= 0.3 is 6.03 Å². The van der Waals surface area contributed by atoms with E-state index in [9.17, 15) is 9.90 Å². The topological polar surface area (TPSA) is 83.1 Å². The Kier molecular flexibility index (Phi) is 10.2. The lowest BCUT2D eigenvalue weighted by molar-refractivity contribution is -0.253. The van der Waals surface area contributed by atoms with Gasteiger partial charge in [-0.1, -0.05) is 85.6 Å². The fraction of sp³-hybridized carbons (Fsp3) is 0.382. The molecule has 2 amide bonds. The summed E-state index contributed by atoms with van der Waals surface area (Å²) in [6.07, 6.45) is 7.05. The molecule has 7 heteroatoms. The molecule has 2 fully saturated rings. The van der Waals surface area contributed by atoms with Gasteiger partial charge in [-0.25, -0.2) is 4.79 Å². The van der Waals surface area contributed by atoms with Crippen molar-refractivity contribution in [2.45, 2.75) is 69.8 Å². The first-order valence-corrected chi connectivity index (χ1v) is 14.7. The smallest absolute Gasteiger partial charge is 0.319 e. The predicted molar refractivity (Wildman–Crippen MR) is 161 cm³/mol. The molecule has 1 saturated heterocycles. The van der Waals surface area contributed by atoms with Crippen molar-refractivity contribution in [2.24, 2.45) is 0 Å². The molecule has 3 atom stereocenters. The quantitative estimate of drug-likeness (QED) is 0.236. The van der Waals surface area contributed by atoms with Crippen LogP contribution in [0, 0.1) is 0 Å². The van der Waals surface area contributed by atoms with Gasteiger partial charge in [-0.3, -0.25) is 4.90 Å². The molecule has 0 spiro atoms. The zero-order valence-corrected chi connectivity index (χ0v) is 23.6. The largest absolute Gasteiger partial charge is 0.392 e. The number of carbonyl (C=O) groups excluding carboxylic acids is 1. The summed E-state index contributed by atoms with van der Waals surface area (Å²) in [5, 5.41) is 15.3. The van der Waals surface area contributed by atoms with Gasteiger partial charge in [0.1, 0.15) is 0 Å². The Morgan fingerprint density at radius 2 is 1.63 bits per heavy atom. The molecule has 0 bridgehead atoms. The molecule has 3 N–H and O–H groups in total. The number of aliphatic hydroxyl groups excluding tert-OH is 1. The standard InChI is InChI=1S/C34H41N3O4/c1-2-20-37(30-10-6-7-11-30)23-31-21-32(27-14-12-26(24-38)13-15-27)41-33(40-31)28-16-18-29(19-17-28)36-34(39)35-22-25-8-4-3-5-9-25/h2-5,8-9,12-19,30-33,38H,1,6-7,10-11,20-24H2,(H2,35,36,39). The maximum Gasteiger partial charge on any atom is 0.319 e. The Morgan fingerprint density at radius 1 is 0.927 bits per heavy atom. The van der Waals surface area contributed by atoms with E-state index in [1.807, 2.05) is 84.9 Å². The lowest BCUT2D eigenvalue weighted by atomic mass is 9.99. The lowest BCUT2D eigenvalue weighted by Gasteiger charge is -2.39. The summed E-state index contributed by atoms with van der Waals surface area (Å²) >= 11 is 0. The fourth-order valence-electron chi connectivity index (χ4n) is 5.78. The average Bonchev–Trinajstić information content (AvgIpc) is 3.56. The van der Waals surface area contributed by atoms with E-state index in [2.05, 4.69) is 22.1 Å². The molecule has 3 aromatic rings. The third-order valence-corrected chi connectivity index (χ3v) is 7.99. The van der Waals surface area contributed by atoms with Crippen LogP contribution >= 0.6 is 0 Å². The molecule has 0 aromatic heterocycles. The van der Waals surface area contributed by atoms with Crippen molar-refractivity contribution >= 4 is 11.7 Å². The SMILES string of the molecule is C=CCN(CC1CC(c2ccc(CO)cc2)OC(c2ccc(NC(=O)NCc3ccccc3)cc2)O1)C1CCCC1. The van der Waals surface area contributed by atoms with E-state index in [4.69, 9.17) is 9.47 Å². The van der Waals surface area contributed by atoms with Crippen LogP contribution in [-0.2, 0) is 22.6 Å². The van der Waals surface area contributed by atoms with Crippen LogP contribution in [0.3, 0.4) is 0 Å². The summed E-state index contributed by atoms with van der Waals surface area (Å²) in [7, 11) is 0. The minimum atomic E-state index is -0.536. The van der Waals surface area contributed by atoms with Crippen LogP contribution in [0.1, 0.15) is 66.8 Å². The maximum absolute atomic E-state index is 12.4. The van der Waals surface area contributed by atoms with E-state index < -0.39 is 6.29 Å². The van der Waals surface area contributed by atoms with Crippen molar-refractivity contribution in [2.75, 3.05) is 18.4 Å². The molecule has 1 heterocycles. The maximum atomic E-state index is 12.4. The Balaban J connectivity index is 1.27. The number of amides is 2. The summed E-state index contributed by atoms with van der Waals surface area (Å²) in [6, 6.07) is 25.7. The number of ether oxygens (including phenoxy) is 2. The zero-order chi connectivity index (χ0) is 28.4. The molecule has 0 radical (unpaired) electrons. The highest BCUT2D eigenvalue weighted by Gasteiger charge is 2.34. The van der Waals surface area contributed by atoms with Gasteiger partial charge in [0.15, 0.2) is 6.29 Å². The zero-order valence-electron chi connectivity index (χ0n) is 23.6. The highest BCUT2D eigenvalue weighted by molar-refractivity contribution is 5.89. The van der Waals surface area contributed by atoms with Crippen molar-refractivity contribution in [1.82, 2.24) is 10.2 Å². The number of aliphatic hydroxyl groups is 1. The molecular weight excluding hydrogens is 514 g/mol. The van der Waals surface area contributed by atoms with Crippen LogP contribution in [-0.4, -0.2) is 41.3 Å². The molecule has 216 valence electrons. The summed E-state index contributed by atoms with van der Waals surface area (Å²) in [5.41, 5.74) is 4.59. The van der Waals surface area contributed by atoms with Gasteiger partial charge in [-0.05, 0) is 41.7 Å². The van der Waals surface area contributed by atoms with Gasteiger partial charge in [0.2, 0.25) is 0 Å². The van der Waals surface area contributed by atoms with Crippen molar-refractivity contribution in [3.8, 4) is 0 Å². The van der Waals surface area contributed by atoms with Crippen LogP contribution in [0.15, 0.2) is 91.5 Å². The Bertz CT molecular complexity index is 1240. The number of hydrogen-bond donors (Lipinski definition) is 3. The number of nitrogens with zero attached hydrogens (tertiary/aromatic N) is 1. The Hall–Kier alpha value is -3.49. The second-order valence-electron chi connectivity index (χ2n) is 10.9. The first kappa shape index (κ1) is 29.0. The predicted octanol–water partition coefficient (Wildman–Crippen LogP) is 6.48. The lowest BCUT2D eigenvalue weighted by Crippen LogP contribution is -2.43. The summed E-state index contributed by atoms with van der Waals surface area (Å²) in [6.45, 7) is 6.14. The van der Waals surface area contributed by atoms with Crippen molar-refractivity contribution in [3.05, 3.63) is 114 Å². The van der Waals surface area contributed by atoms with Crippen molar-refractivity contribution in [3.63, 3.8) is 0 Å². The van der Waals surface area contributed by atoms with E-state index in [0.29, 0.717) is 18.3 Å². The van der Waals surface area contributed by atoms with E-state index in [-0.39, 0.29) is 24.8 Å². The highest BCUT2D eigenvalue weighted by Crippen LogP contribution is 2.39. The minimum Gasteiger partial charge on any atom is -0.392 e. The second kappa shape index (κ2) is 14.4. The van der Waals surface area contributed by atoms with Gasteiger partial charge in [-0.15, -0.1) is 6.58 Å². The van der Waals surface area contributed by atoms with Crippen LogP contribution < -0.4 is 10.6 Å². The van der Waals surface area contributed by atoms with Gasteiger partial charge in [0.05, 0.1) is 18.8 Å². The van der Waals surface area contributed by atoms with Crippen LogP contribution in [0.25, 0.3) is 0 Å². The number of nitrogens with one attached hydrogen (secondary N) is 2. The second-order valence-corrected chi connectivity index (χ2v) is 10.9. The number of urea groups is 1. The van der Waals surface area contributed by atoms with E-state index in [0.717, 1.165) is 41.8 Å². The average molecular weight is 556 g/mol. The molecule has 1 aliphatic carbocycles. The van der Waals surface area contributed by atoms with Gasteiger partial charge in [0.25, 0.3) is 0 Å². The van der Waals surface area contributed by atoms with Crippen LogP contribution in [0.2, 0.25) is 0 Å². The molecule has 1 saturated carbocycles. The molecule has 3 unspecified atom stereocenters. The van der Waals surface area contributed by atoms with E-state index in [1.54, 1.807) is 0 Å². The van der Waals surface area contributed by atoms with Gasteiger partial charge in [0, 0.05) is 43.3 Å². The molecule has 3 aromatic carbocycles. The molecule has 7 nitrogen and oxygen atoms in total. The summed E-state index contributed by atoms with van der Waals surface area (Å²) < 4.78 is 13.1. The minimum absolute atomic E-state index is 0.0154. The number of hydrogen-bond acceptors (Lipinski definition) is 5. The third kappa shape index (κ3) is 8.05. The number of carbonyl (C=O) groups is 1. The number of benzene rings is 3. The summed E-state index contributed by atoms with van der Waals surface area (Å²) in [5.74, 6) is 0. The first-order valence-electron chi connectivity index (χ1n) is 14.7. The van der Waals surface area contributed by atoms with Crippen LogP contribution in [0.5, 0.6) is 0 Å². The number of rotatable bonds is 11. The Morgan fingerprint density at radius 3 is 2.32 bits per heavy atom. The highest BCUT2D eigenvalue weighted by atomic mass is 16.7. The van der Waals surface area contributed by atoms with E-state index in [1.165, 1.54) is 25.7 Å².